The molecule has 28 heavy (non-hydrogen) atoms. The summed E-state index contributed by atoms with van der Waals surface area (Å²) >= 11 is 1.45. The maximum atomic E-state index is 13.6. The van der Waals surface area contributed by atoms with E-state index in [2.05, 4.69) is 0 Å². The zero-order valence-electron chi connectivity index (χ0n) is 15.8. The summed E-state index contributed by atoms with van der Waals surface area (Å²) in [6.45, 7) is 4.47. The first-order chi connectivity index (χ1) is 13.4. The molecule has 2 aromatic carbocycles. The topological polar surface area (TPSA) is 40.6 Å². The van der Waals surface area contributed by atoms with Crippen LogP contribution in [0, 0.1) is 11.6 Å². The van der Waals surface area contributed by atoms with Crippen LogP contribution < -0.4 is 0 Å². The molecule has 0 unspecified atom stereocenters. The van der Waals surface area contributed by atoms with Crippen LogP contribution in [0.3, 0.4) is 0 Å². The number of rotatable bonds is 6. The van der Waals surface area contributed by atoms with Crippen LogP contribution in [-0.4, -0.2) is 46.5 Å². The standard InChI is InChI=1S/C21H22F2N2O2S/c1-14(2)24(20(27)15-6-8-17(22)9-7-15)10-11-25-19(26)13-28-21(25)16-4-3-5-18(23)12-16/h3-9,12,14,21H,10-11,13H2,1-2H3/t21-/m1/s1. The highest BCUT2D eigenvalue weighted by Crippen LogP contribution is 2.38. The summed E-state index contributed by atoms with van der Waals surface area (Å²) in [7, 11) is 0. The van der Waals surface area contributed by atoms with Gasteiger partial charge in [-0.2, -0.15) is 0 Å². The second kappa shape index (κ2) is 8.73. The van der Waals surface area contributed by atoms with Crippen molar-refractivity contribution >= 4 is 23.6 Å². The Kier molecular flexibility index (Phi) is 6.34. The second-order valence-corrected chi connectivity index (χ2v) is 7.97. The molecule has 148 valence electrons. The monoisotopic (exact) mass is 404 g/mol. The molecule has 2 amide bonds. The van der Waals surface area contributed by atoms with Crippen LogP contribution in [0.15, 0.2) is 48.5 Å². The first kappa shape index (κ1) is 20.3. The van der Waals surface area contributed by atoms with Gasteiger partial charge in [0.2, 0.25) is 5.91 Å². The maximum Gasteiger partial charge on any atom is 0.254 e. The van der Waals surface area contributed by atoms with Crippen LogP contribution in [0.2, 0.25) is 0 Å². The van der Waals surface area contributed by atoms with E-state index in [1.165, 1.54) is 48.2 Å². The van der Waals surface area contributed by atoms with E-state index in [-0.39, 0.29) is 29.0 Å². The highest BCUT2D eigenvalue weighted by molar-refractivity contribution is 8.00. The van der Waals surface area contributed by atoms with E-state index in [1.807, 2.05) is 13.8 Å². The van der Waals surface area contributed by atoms with Crippen molar-refractivity contribution < 1.29 is 18.4 Å². The van der Waals surface area contributed by atoms with E-state index in [9.17, 15) is 18.4 Å². The van der Waals surface area contributed by atoms with E-state index in [4.69, 9.17) is 0 Å². The van der Waals surface area contributed by atoms with Crippen molar-refractivity contribution in [3.63, 3.8) is 0 Å². The van der Waals surface area contributed by atoms with Gasteiger partial charge in [0.15, 0.2) is 0 Å². The van der Waals surface area contributed by atoms with Crippen LogP contribution >= 0.6 is 11.8 Å². The van der Waals surface area contributed by atoms with Gasteiger partial charge in [0, 0.05) is 24.7 Å². The van der Waals surface area contributed by atoms with Gasteiger partial charge >= 0.3 is 0 Å². The lowest BCUT2D eigenvalue weighted by Gasteiger charge is -2.31. The molecule has 0 bridgehead atoms. The molecule has 0 spiro atoms. The molecule has 1 saturated heterocycles. The Labute approximate surface area is 167 Å². The Hall–Kier alpha value is -2.41. The smallest absolute Gasteiger partial charge is 0.254 e. The SMILES string of the molecule is CC(C)N(CCN1C(=O)CS[C@@H]1c1cccc(F)c1)C(=O)c1ccc(F)cc1. The van der Waals surface area contributed by atoms with Crippen molar-refractivity contribution in [1.82, 2.24) is 9.80 Å². The second-order valence-electron chi connectivity index (χ2n) is 6.90. The van der Waals surface area contributed by atoms with Gasteiger partial charge in [0.05, 0.1) is 5.75 Å². The molecule has 0 saturated carbocycles. The lowest BCUT2D eigenvalue weighted by atomic mass is 10.1. The molecule has 1 aliphatic heterocycles. The number of benzene rings is 2. The zero-order valence-corrected chi connectivity index (χ0v) is 16.6. The first-order valence-electron chi connectivity index (χ1n) is 9.10. The van der Waals surface area contributed by atoms with Crippen LogP contribution in [0.1, 0.15) is 35.1 Å². The van der Waals surface area contributed by atoms with E-state index >= 15 is 0 Å². The van der Waals surface area contributed by atoms with Gasteiger partial charge in [-0.05, 0) is 55.8 Å². The van der Waals surface area contributed by atoms with Gasteiger partial charge < -0.3 is 9.80 Å². The Bertz CT molecular complexity index is 858. The van der Waals surface area contributed by atoms with Gasteiger partial charge in [-0.3, -0.25) is 9.59 Å². The predicted octanol–water partition coefficient (Wildman–Crippen LogP) is 4.09. The van der Waals surface area contributed by atoms with Crippen molar-refractivity contribution in [3.05, 3.63) is 71.3 Å². The molecule has 1 heterocycles. The molecular weight excluding hydrogens is 382 g/mol. The Morgan fingerprint density at radius 1 is 1.18 bits per heavy atom. The zero-order chi connectivity index (χ0) is 20.3. The summed E-state index contributed by atoms with van der Waals surface area (Å²) in [4.78, 5) is 28.5. The third-order valence-electron chi connectivity index (χ3n) is 4.66. The molecule has 0 aromatic heterocycles. The Morgan fingerprint density at radius 2 is 1.89 bits per heavy atom. The average Bonchev–Trinajstić information content (AvgIpc) is 3.03. The molecule has 7 heteroatoms. The van der Waals surface area contributed by atoms with E-state index in [1.54, 1.807) is 21.9 Å². The first-order valence-corrected chi connectivity index (χ1v) is 10.1. The molecular formula is C21H22F2N2O2S. The Balaban J connectivity index is 1.73. The number of thioether (sulfide) groups is 1. The number of carbonyl (C=O) groups excluding carboxylic acids is 2. The molecule has 1 fully saturated rings. The van der Waals surface area contributed by atoms with Gasteiger partial charge in [-0.25, -0.2) is 8.78 Å². The number of halogens is 2. The summed E-state index contributed by atoms with van der Waals surface area (Å²) in [5, 5.41) is -0.266. The quantitative estimate of drug-likeness (QED) is 0.728. The van der Waals surface area contributed by atoms with Crippen LogP contribution in [0.25, 0.3) is 0 Å². The molecule has 0 N–H and O–H groups in total. The minimum Gasteiger partial charge on any atom is -0.334 e. The minimum atomic E-state index is -0.398. The normalized spacial score (nSPS) is 16.7. The number of hydrogen-bond acceptors (Lipinski definition) is 3. The highest BCUT2D eigenvalue weighted by atomic mass is 32.2. The predicted molar refractivity (Wildman–Crippen MR) is 106 cm³/mol. The Morgan fingerprint density at radius 3 is 2.54 bits per heavy atom. The van der Waals surface area contributed by atoms with Gasteiger partial charge in [-0.1, -0.05) is 12.1 Å². The molecule has 3 rings (SSSR count). The van der Waals surface area contributed by atoms with Crippen LogP contribution in [-0.2, 0) is 4.79 Å². The van der Waals surface area contributed by atoms with Crippen molar-refractivity contribution in [1.29, 1.82) is 0 Å². The lowest BCUT2D eigenvalue weighted by Crippen LogP contribution is -2.43. The number of nitrogens with zero attached hydrogens (tertiary/aromatic N) is 2. The number of hydrogen-bond donors (Lipinski definition) is 0. The van der Waals surface area contributed by atoms with Crippen molar-refractivity contribution in [3.8, 4) is 0 Å². The van der Waals surface area contributed by atoms with Crippen molar-refractivity contribution in [2.45, 2.75) is 25.3 Å². The molecule has 0 radical (unpaired) electrons. The lowest BCUT2D eigenvalue weighted by molar-refractivity contribution is -0.128. The third-order valence-corrected chi connectivity index (χ3v) is 5.92. The number of amides is 2. The van der Waals surface area contributed by atoms with Crippen LogP contribution in [0.5, 0.6) is 0 Å². The molecule has 1 aliphatic rings. The van der Waals surface area contributed by atoms with E-state index in [0.717, 1.165) is 5.56 Å². The summed E-state index contributed by atoms with van der Waals surface area (Å²) in [5.41, 5.74) is 1.13. The highest BCUT2D eigenvalue weighted by Gasteiger charge is 2.33. The third kappa shape index (κ3) is 4.52. The summed E-state index contributed by atoms with van der Waals surface area (Å²) in [6.07, 6.45) is 0. The van der Waals surface area contributed by atoms with E-state index < -0.39 is 5.82 Å². The fraction of sp³-hybridized carbons (Fsp3) is 0.333. The van der Waals surface area contributed by atoms with Gasteiger partial charge in [0.1, 0.15) is 17.0 Å². The summed E-state index contributed by atoms with van der Waals surface area (Å²) in [5.74, 6) is -0.652. The van der Waals surface area contributed by atoms with Crippen molar-refractivity contribution in [2.24, 2.45) is 0 Å². The van der Waals surface area contributed by atoms with Crippen molar-refractivity contribution in [2.75, 3.05) is 18.8 Å². The maximum absolute atomic E-state index is 13.6. The summed E-state index contributed by atoms with van der Waals surface area (Å²) in [6, 6.07) is 11.6. The molecule has 1 atom stereocenters. The minimum absolute atomic E-state index is 0.0304. The van der Waals surface area contributed by atoms with E-state index in [0.29, 0.717) is 24.4 Å². The van der Waals surface area contributed by atoms with Crippen LogP contribution in [0.4, 0.5) is 8.78 Å². The number of carbonyl (C=O) groups is 2. The van der Waals surface area contributed by atoms with Gasteiger partial charge in [0.25, 0.3) is 5.91 Å². The average molecular weight is 404 g/mol. The molecule has 0 aliphatic carbocycles. The molecule has 4 nitrogen and oxygen atoms in total. The largest absolute Gasteiger partial charge is 0.334 e. The molecule has 2 aromatic rings. The fourth-order valence-electron chi connectivity index (χ4n) is 3.20. The summed E-state index contributed by atoms with van der Waals surface area (Å²) < 4.78 is 26.7. The fourth-order valence-corrected chi connectivity index (χ4v) is 4.41. The van der Waals surface area contributed by atoms with Gasteiger partial charge in [-0.15, -0.1) is 11.8 Å².